The average molecular weight is 641 g/mol. The van der Waals surface area contributed by atoms with Crippen molar-refractivity contribution in [2.45, 2.75) is 111 Å². The zero-order valence-electron chi connectivity index (χ0n) is 29.3. The topological polar surface area (TPSA) is 121 Å². The van der Waals surface area contributed by atoms with E-state index in [4.69, 9.17) is 0 Å². The Balaban J connectivity index is 1.99. The third kappa shape index (κ3) is 6.52. The summed E-state index contributed by atoms with van der Waals surface area (Å²) in [4.78, 5) is 0. The van der Waals surface area contributed by atoms with Crippen molar-refractivity contribution in [1.29, 1.82) is 0 Å². The quantitative estimate of drug-likeness (QED) is 0.0917. The largest absolute Gasteiger partial charge is 0.507 e. The summed E-state index contributed by atoms with van der Waals surface area (Å²) in [5.74, 6) is 0.392. The van der Waals surface area contributed by atoms with Gasteiger partial charge in [-0.05, 0) is 87.4 Å². The van der Waals surface area contributed by atoms with Gasteiger partial charge in [0, 0.05) is 27.5 Å². The highest BCUT2D eigenvalue weighted by Gasteiger charge is 2.35. The van der Waals surface area contributed by atoms with Crippen molar-refractivity contribution in [1.82, 2.24) is 0 Å². The number of aliphatic hydroxyl groups excluding tert-OH is 3. The molecule has 0 atom stereocenters. The van der Waals surface area contributed by atoms with Crippen LogP contribution in [0.4, 0.5) is 0 Å². The number of aliphatic hydroxyl groups is 3. The zero-order valence-corrected chi connectivity index (χ0v) is 29.3. The van der Waals surface area contributed by atoms with Gasteiger partial charge < -0.3 is 30.6 Å². The van der Waals surface area contributed by atoms with Crippen molar-refractivity contribution in [3.05, 3.63) is 122 Å². The van der Waals surface area contributed by atoms with E-state index in [-0.39, 0.29) is 54.8 Å². The van der Waals surface area contributed by atoms with E-state index in [0.717, 1.165) is 44.5 Å². The summed E-state index contributed by atoms with van der Waals surface area (Å²) in [6, 6.07) is 20.0. The van der Waals surface area contributed by atoms with Crippen LogP contribution in [0.2, 0.25) is 0 Å². The molecular formula is C41H52O6. The van der Waals surface area contributed by atoms with Crippen molar-refractivity contribution >= 4 is 0 Å². The van der Waals surface area contributed by atoms with Crippen LogP contribution in [-0.4, -0.2) is 30.6 Å². The lowest BCUT2D eigenvalue weighted by Gasteiger charge is -2.35. The van der Waals surface area contributed by atoms with E-state index in [1.54, 1.807) is 0 Å². The van der Waals surface area contributed by atoms with E-state index in [0.29, 0.717) is 16.7 Å². The third-order valence-corrected chi connectivity index (χ3v) is 10.1. The number of rotatable bonds is 11. The number of phenols is 3. The first-order valence-corrected chi connectivity index (χ1v) is 16.5. The number of hydrogen-bond donors (Lipinski definition) is 6. The Kier molecular flexibility index (Phi) is 10.5. The summed E-state index contributed by atoms with van der Waals surface area (Å²) in [6.07, 6.45) is 0. The van der Waals surface area contributed by atoms with Gasteiger partial charge in [-0.15, -0.1) is 0 Å². The van der Waals surface area contributed by atoms with Crippen molar-refractivity contribution in [2.24, 2.45) is 0 Å². The van der Waals surface area contributed by atoms with E-state index in [1.165, 1.54) is 0 Å². The summed E-state index contributed by atoms with van der Waals surface area (Å²) < 4.78 is 0. The first-order chi connectivity index (χ1) is 22.0. The van der Waals surface area contributed by atoms with Gasteiger partial charge in [0.05, 0.1) is 19.8 Å². The van der Waals surface area contributed by atoms with Crippen LogP contribution >= 0.6 is 0 Å². The number of benzene rings is 4. The van der Waals surface area contributed by atoms with Gasteiger partial charge >= 0.3 is 0 Å². The van der Waals surface area contributed by atoms with Gasteiger partial charge in [-0.1, -0.05) is 97.9 Å². The fraction of sp³-hybridized carbons (Fsp3) is 0.415. The second-order valence-electron chi connectivity index (χ2n) is 14.5. The minimum Gasteiger partial charge on any atom is -0.507 e. The number of aromatic hydroxyl groups is 3. The van der Waals surface area contributed by atoms with E-state index < -0.39 is 10.8 Å². The SMILES string of the molecule is CC(C)c1cc(C(C)(C)c2ccc(C(C)(c3cc(CO)c(O)c(C(C)C)c3)c3cc(CO)c(O)c(C(C)C)c3)cc2)cc(CO)c1O. The second kappa shape index (κ2) is 13.7. The summed E-state index contributed by atoms with van der Waals surface area (Å²) in [7, 11) is 0. The second-order valence-corrected chi connectivity index (χ2v) is 14.5. The molecule has 0 saturated carbocycles. The molecule has 0 spiro atoms. The lowest BCUT2D eigenvalue weighted by molar-refractivity contribution is 0.274. The molecule has 0 heterocycles. The van der Waals surface area contributed by atoms with E-state index >= 15 is 0 Å². The molecular weight excluding hydrogens is 588 g/mol. The van der Waals surface area contributed by atoms with Crippen molar-refractivity contribution in [2.75, 3.05) is 0 Å². The monoisotopic (exact) mass is 640 g/mol. The van der Waals surface area contributed by atoms with Crippen LogP contribution in [0.5, 0.6) is 17.2 Å². The molecule has 6 nitrogen and oxygen atoms in total. The molecule has 0 aliphatic rings. The Morgan fingerprint density at radius 1 is 0.447 bits per heavy atom. The van der Waals surface area contributed by atoms with Gasteiger partial charge in [0.25, 0.3) is 0 Å². The molecule has 0 aliphatic heterocycles. The summed E-state index contributed by atoms with van der Waals surface area (Å²) in [5, 5.41) is 63.4. The van der Waals surface area contributed by atoms with Crippen LogP contribution in [0.25, 0.3) is 0 Å². The molecule has 0 saturated heterocycles. The lowest BCUT2D eigenvalue weighted by Crippen LogP contribution is -2.27. The molecule has 47 heavy (non-hydrogen) atoms. The highest BCUT2D eigenvalue weighted by molar-refractivity contribution is 5.59. The first kappa shape index (κ1) is 36.0. The molecule has 0 bridgehead atoms. The standard InChI is InChI=1S/C41H52O6/c1-23(2)34-17-31(14-26(20-42)37(34)45)40(7,8)29-10-12-30(13-11-29)41(9,32-15-27(21-43)38(46)35(18-32)24(3)4)33-16-28(22-44)39(47)36(19-33)25(5)6/h10-19,23-25,42-47H,20-22H2,1-9H3. The van der Waals surface area contributed by atoms with Crippen LogP contribution in [0.15, 0.2) is 60.7 Å². The third-order valence-electron chi connectivity index (χ3n) is 10.1. The highest BCUT2D eigenvalue weighted by Crippen LogP contribution is 2.46. The Hall–Kier alpha value is -3.84. The lowest BCUT2D eigenvalue weighted by atomic mass is 9.68. The molecule has 0 amide bonds. The van der Waals surface area contributed by atoms with E-state index in [2.05, 4.69) is 45.0 Å². The van der Waals surface area contributed by atoms with Gasteiger partial charge in [-0.3, -0.25) is 0 Å². The fourth-order valence-corrected chi connectivity index (χ4v) is 6.66. The highest BCUT2D eigenvalue weighted by atomic mass is 16.3. The smallest absolute Gasteiger partial charge is 0.124 e. The van der Waals surface area contributed by atoms with Crippen LogP contribution < -0.4 is 0 Å². The fourth-order valence-electron chi connectivity index (χ4n) is 6.66. The van der Waals surface area contributed by atoms with Crippen molar-refractivity contribution < 1.29 is 30.6 Å². The molecule has 6 N–H and O–H groups in total. The van der Waals surface area contributed by atoms with Crippen molar-refractivity contribution in [3.63, 3.8) is 0 Å². The molecule has 6 heteroatoms. The molecule has 4 aromatic carbocycles. The van der Waals surface area contributed by atoms with Gasteiger partial charge in [0.2, 0.25) is 0 Å². The number of hydrogen-bond acceptors (Lipinski definition) is 6. The maximum atomic E-state index is 11.0. The normalized spacial score (nSPS) is 12.5. The van der Waals surface area contributed by atoms with Gasteiger partial charge in [-0.2, -0.15) is 0 Å². The first-order valence-electron chi connectivity index (χ1n) is 16.5. The van der Waals surface area contributed by atoms with Crippen LogP contribution in [-0.2, 0) is 30.7 Å². The summed E-state index contributed by atoms with van der Waals surface area (Å²) in [5.41, 5.74) is 7.09. The molecule has 0 aliphatic carbocycles. The Bertz CT molecular complexity index is 1670. The Labute approximate surface area is 280 Å². The molecule has 4 rings (SSSR count). The van der Waals surface area contributed by atoms with Gasteiger partial charge in [0.15, 0.2) is 0 Å². The maximum Gasteiger partial charge on any atom is 0.124 e. The zero-order chi connectivity index (χ0) is 35.0. The van der Waals surface area contributed by atoms with Crippen LogP contribution in [0, 0.1) is 0 Å². The average Bonchev–Trinajstić information content (AvgIpc) is 3.04. The molecule has 0 radical (unpaired) electrons. The minimum absolute atomic E-state index is 0.00317. The molecule has 0 fully saturated rings. The summed E-state index contributed by atoms with van der Waals surface area (Å²) >= 11 is 0. The predicted octanol–water partition coefficient (Wildman–Crippen LogP) is 8.33. The molecule has 0 unspecified atom stereocenters. The molecule has 0 aromatic heterocycles. The molecule has 252 valence electrons. The predicted molar refractivity (Wildman–Crippen MR) is 188 cm³/mol. The van der Waals surface area contributed by atoms with Gasteiger partial charge in [0.1, 0.15) is 17.2 Å². The Morgan fingerprint density at radius 3 is 1.06 bits per heavy atom. The summed E-state index contributed by atoms with van der Waals surface area (Å²) in [6.45, 7) is 17.5. The van der Waals surface area contributed by atoms with Gasteiger partial charge in [-0.25, -0.2) is 0 Å². The minimum atomic E-state index is -0.807. The molecule has 4 aromatic rings. The Morgan fingerprint density at radius 2 is 0.745 bits per heavy atom. The van der Waals surface area contributed by atoms with Crippen LogP contribution in [0.3, 0.4) is 0 Å². The van der Waals surface area contributed by atoms with Crippen LogP contribution in [0.1, 0.15) is 141 Å². The van der Waals surface area contributed by atoms with E-state index in [1.807, 2.05) is 77.9 Å². The van der Waals surface area contributed by atoms with E-state index in [9.17, 15) is 30.6 Å². The van der Waals surface area contributed by atoms with Crippen molar-refractivity contribution in [3.8, 4) is 17.2 Å². The maximum absolute atomic E-state index is 11.0.